The van der Waals surface area contributed by atoms with E-state index in [1.165, 1.54) is 0 Å². The van der Waals surface area contributed by atoms with Crippen molar-refractivity contribution in [1.29, 1.82) is 0 Å². The molecular formula is C9H10N2O3S. The Morgan fingerprint density at radius 3 is 1.40 bits per heavy atom. The maximum Gasteiger partial charge on any atom is 0.425 e. The zero-order valence-electron chi connectivity index (χ0n) is 7.78. The fourth-order valence-electron chi connectivity index (χ4n) is 0.590. The van der Waals surface area contributed by atoms with Gasteiger partial charge in [-0.15, -0.1) is 12.6 Å². The molecule has 0 aliphatic rings. The Kier molecular flexibility index (Phi) is 8.82. The number of aromatic nitrogens is 2. The van der Waals surface area contributed by atoms with Crippen molar-refractivity contribution < 1.29 is 12.6 Å². The van der Waals surface area contributed by atoms with Gasteiger partial charge in [-0.25, -0.2) is 0 Å². The second-order valence-electron chi connectivity index (χ2n) is 2.11. The summed E-state index contributed by atoms with van der Waals surface area (Å²) in [6, 6.07) is 9.60. The van der Waals surface area contributed by atoms with Gasteiger partial charge in [0.05, 0.1) is 0 Å². The average Bonchev–Trinajstić information content (AvgIpc) is 2.77. The van der Waals surface area contributed by atoms with Gasteiger partial charge in [0.15, 0.2) is 0 Å². The van der Waals surface area contributed by atoms with Gasteiger partial charge >= 0.3 is 10.6 Å². The van der Waals surface area contributed by atoms with Crippen LogP contribution in [0.3, 0.4) is 0 Å². The summed E-state index contributed by atoms with van der Waals surface area (Å²) in [5.74, 6) is 0. The number of pyridine rings is 1. The monoisotopic (exact) mass is 226 g/mol. The Balaban J connectivity index is 0.000000202. The molecule has 0 saturated heterocycles. The predicted octanol–water partition coefficient (Wildman–Crippen LogP) is 1.09. The molecule has 2 aromatic rings. The first-order valence-electron chi connectivity index (χ1n) is 3.93. The molecule has 0 radical (unpaired) electrons. The third-order valence-electron chi connectivity index (χ3n) is 1.06. The van der Waals surface area contributed by atoms with Crippen LogP contribution in [0.4, 0.5) is 0 Å². The maximum absolute atomic E-state index is 8.44. The average molecular weight is 226 g/mol. The third-order valence-corrected chi connectivity index (χ3v) is 1.06. The van der Waals surface area contributed by atoms with Crippen LogP contribution in [-0.4, -0.2) is 22.6 Å². The number of rotatable bonds is 0. The number of nitrogens with zero attached hydrogens (tertiary/aromatic N) is 1. The van der Waals surface area contributed by atoms with Crippen molar-refractivity contribution in [1.82, 2.24) is 9.97 Å². The molecule has 15 heavy (non-hydrogen) atoms. The van der Waals surface area contributed by atoms with Crippen molar-refractivity contribution in [2.75, 3.05) is 0 Å². The highest BCUT2D eigenvalue weighted by Crippen LogP contribution is 1.73. The molecule has 0 aromatic carbocycles. The van der Waals surface area contributed by atoms with Crippen LogP contribution >= 0.6 is 0 Å². The lowest BCUT2D eigenvalue weighted by Gasteiger charge is -1.70. The number of nitrogens with one attached hydrogen (secondary N) is 1. The maximum atomic E-state index is 8.44. The summed E-state index contributed by atoms with van der Waals surface area (Å²) in [4.78, 5) is 6.65. The van der Waals surface area contributed by atoms with Crippen LogP contribution in [0.15, 0.2) is 55.1 Å². The van der Waals surface area contributed by atoms with E-state index in [0.717, 1.165) is 0 Å². The molecule has 0 aliphatic heterocycles. The minimum atomic E-state index is -3.11. The number of aromatic amines is 1. The Bertz CT molecular complexity index is 360. The van der Waals surface area contributed by atoms with Crippen molar-refractivity contribution >= 4 is 10.6 Å². The van der Waals surface area contributed by atoms with Crippen LogP contribution in [0.1, 0.15) is 0 Å². The highest BCUT2D eigenvalue weighted by atomic mass is 32.2. The van der Waals surface area contributed by atoms with Crippen molar-refractivity contribution in [3.05, 3.63) is 55.1 Å². The number of hydrogen-bond donors (Lipinski definition) is 1. The van der Waals surface area contributed by atoms with Crippen molar-refractivity contribution in [3.63, 3.8) is 0 Å². The minimum Gasteiger partial charge on any atom is -0.368 e. The summed E-state index contributed by atoms with van der Waals surface area (Å²) in [6.45, 7) is 0. The van der Waals surface area contributed by atoms with Crippen LogP contribution in [0, 0.1) is 0 Å². The molecule has 2 rings (SSSR count). The topological polar surface area (TPSA) is 79.9 Å². The van der Waals surface area contributed by atoms with E-state index in [-0.39, 0.29) is 0 Å². The van der Waals surface area contributed by atoms with Gasteiger partial charge in [0.25, 0.3) is 0 Å². The van der Waals surface area contributed by atoms with Crippen molar-refractivity contribution in [3.8, 4) is 0 Å². The molecule has 0 atom stereocenters. The smallest absolute Gasteiger partial charge is 0.368 e. The van der Waals surface area contributed by atoms with Crippen LogP contribution < -0.4 is 0 Å². The summed E-state index contributed by atoms with van der Waals surface area (Å²) in [7, 11) is -3.11. The molecule has 5 nitrogen and oxygen atoms in total. The molecule has 80 valence electrons. The Morgan fingerprint density at radius 2 is 1.27 bits per heavy atom. The van der Waals surface area contributed by atoms with Crippen LogP contribution in [-0.2, 0) is 10.6 Å². The van der Waals surface area contributed by atoms with E-state index in [0.29, 0.717) is 0 Å². The van der Waals surface area contributed by atoms with E-state index in [1.54, 1.807) is 12.4 Å². The molecule has 1 N–H and O–H groups in total. The van der Waals surface area contributed by atoms with Gasteiger partial charge in [-0.3, -0.25) is 4.98 Å². The van der Waals surface area contributed by atoms with E-state index >= 15 is 0 Å². The highest BCUT2D eigenvalue weighted by Gasteiger charge is 1.58. The quantitative estimate of drug-likeness (QED) is 0.729. The molecule has 2 aromatic heterocycles. The lowest BCUT2D eigenvalue weighted by Crippen LogP contribution is -1.58. The SMILES string of the molecule is O=S(=O)=O.c1cc[nH]c1.c1ccncc1. The van der Waals surface area contributed by atoms with E-state index in [4.69, 9.17) is 12.6 Å². The minimum absolute atomic E-state index is 1.75. The first-order chi connectivity index (χ1) is 7.23. The molecule has 0 aliphatic carbocycles. The number of H-pyrrole nitrogens is 1. The van der Waals surface area contributed by atoms with Gasteiger partial charge in [-0.2, -0.15) is 0 Å². The molecule has 0 spiro atoms. The van der Waals surface area contributed by atoms with Gasteiger partial charge in [0.2, 0.25) is 0 Å². The second kappa shape index (κ2) is 10.1. The predicted molar refractivity (Wildman–Crippen MR) is 54.7 cm³/mol. The second-order valence-corrected chi connectivity index (χ2v) is 2.52. The van der Waals surface area contributed by atoms with Gasteiger partial charge in [-0.05, 0) is 24.3 Å². The van der Waals surface area contributed by atoms with Crippen LogP contribution in [0.5, 0.6) is 0 Å². The first-order valence-corrected chi connectivity index (χ1v) is 4.93. The van der Waals surface area contributed by atoms with Gasteiger partial charge in [0.1, 0.15) is 0 Å². The fourth-order valence-corrected chi connectivity index (χ4v) is 0.590. The zero-order chi connectivity index (χ0) is 11.4. The molecule has 2 heterocycles. The molecule has 6 heteroatoms. The molecule has 0 fully saturated rings. The van der Waals surface area contributed by atoms with E-state index in [1.807, 2.05) is 42.7 Å². The normalized spacial score (nSPS) is 7.47. The van der Waals surface area contributed by atoms with E-state index in [9.17, 15) is 0 Å². The Morgan fingerprint density at radius 1 is 0.800 bits per heavy atom. The summed E-state index contributed by atoms with van der Waals surface area (Å²) in [5.41, 5.74) is 0. The van der Waals surface area contributed by atoms with Gasteiger partial charge in [-0.1, -0.05) is 6.07 Å². The van der Waals surface area contributed by atoms with Crippen molar-refractivity contribution in [2.45, 2.75) is 0 Å². The summed E-state index contributed by atoms with van der Waals surface area (Å²) in [5, 5.41) is 0. The fraction of sp³-hybridized carbons (Fsp3) is 0. The van der Waals surface area contributed by atoms with Gasteiger partial charge < -0.3 is 4.98 Å². The summed E-state index contributed by atoms with van der Waals surface area (Å²) in [6.07, 6.45) is 7.25. The molecule has 0 amide bonds. The summed E-state index contributed by atoms with van der Waals surface area (Å²) < 4.78 is 25.3. The highest BCUT2D eigenvalue weighted by molar-refractivity contribution is 7.59. The number of hydrogen-bond acceptors (Lipinski definition) is 4. The van der Waals surface area contributed by atoms with E-state index < -0.39 is 10.6 Å². The standard InChI is InChI=1S/C5H5N.C4H5N.O3S/c1-2-4-6-5-3-1;1-2-4-5-3-1;1-4(2)3/h1-5H;1-5H;. The zero-order valence-corrected chi connectivity index (χ0v) is 8.59. The molecular weight excluding hydrogens is 216 g/mol. The summed E-state index contributed by atoms with van der Waals surface area (Å²) >= 11 is 0. The Hall–Kier alpha value is -1.95. The van der Waals surface area contributed by atoms with Crippen LogP contribution in [0.2, 0.25) is 0 Å². The lowest BCUT2D eigenvalue weighted by molar-refractivity contribution is 0.559. The van der Waals surface area contributed by atoms with Crippen LogP contribution in [0.25, 0.3) is 0 Å². The molecule has 0 bridgehead atoms. The van der Waals surface area contributed by atoms with Crippen molar-refractivity contribution in [2.24, 2.45) is 0 Å². The largest absolute Gasteiger partial charge is 0.425 e. The first kappa shape index (κ1) is 13.1. The molecule has 0 unspecified atom stereocenters. The van der Waals surface area contributed by atoms with E-state index in [2.05, 4.69) is 9.97 Å². The molecule has 0 saturated carbocycles. The van der Waals surface area contributed by atoms with Gasteiger partial charge in [0, 0.05) is 24.8 Å². The Labute approximate surface area is 88.9 Å². The lowest BCUT2D eigenvalue weighted by atomic mass is 10.5. The third kappa shape index (κ3) is 14.9.